The molecule has 1 aliphatic heterocycles. The molecule has 3 N–H and O–H groups in total. The van der Waals surface area contributed by atoms with Crippen molar-refractivity contribution in [2.75, 3.05) is 13.1 Å². The molecule has 1 fully saturated rings. The molecule has 2 atom stereocenters. The first-order valence-electron chi connectivity index (χ1n) is 6.96. The van der Waals surface area contributed by atoms with Crippen molar-refractivity contribution >= 4 is 17.8 Å². The third-order valence-electron chi connectivity index (χ3n) is 3.37. The predicted molar refractivity (Wildman–Crippen MR) is 73.9 cm³/mol. The molecule has 0 spiro atoms. The maximum Gasteiger partial charge on any atom is 0.308 e. The van der Waals surface area contributed by atoms with Gasteiger partial charge in [0.2, 0.25) is 11.8 Å². The first-order chi connectivity index (χ1) is 9.19. The van der Waals surface area contributed by atoms with Gasteiger partial charge in [-0.3, -0.25) is 14.4 Å². The number of rotatable bonds is 5. The number of carboxylic acids is 1. The van der Waals surface area contributed by atoms with E-state index in [-0.39, 0.29) is 29.7 Å². The van der Waals surface area contributed by atoms with Gasteiger partial charge in [-0.2, -0.15) is 0 Å². The highest BCUT2D eigenvalue weighted by Gasteiger charge is 2.28. The molecule has 0 aliphatic carbocycles. The van der Waals surface area contributed by atoms with Crippen LogP contribution >= 0.6 is 0 Å². The van der Waals surface area contributed by atoms with E-state index in [1.54, 1.807) is 0 Å². The molecule has 6 heteroatoms. The number of nitrogens with one attached hydrogen (secondary N) is 2. The Hall–Kier alpha value is -1.59. The zero-order valence-corrected chi connectivity index (χ0v) is 12.4. The number of hydrogen-bond acceptors (Lipinski definition) is 3. The van der Waals surface area contributed by atoms with E-state index in [0.717, 1.165) is 0 Å². The molecule has 0 aromatic rings. The molecule has 0 bridgehead atoms. The van der Waals surface area contributed by atoms with Crippen molar-refractivity contribution in [3.63, 3.8) is 0 Å². The van der Waals surface area contributed by atoms with Crippen LogP contribution in [0.5, 0.6) is 0 Å². The fourth-order valence-corrected chi connectivity index (χ4v) is 2.31. The van der Waals surface area contributed by atoms with Gasteiger partial charge in [-0.1, -0.05) is 20.8 Å². The van der Waals surface area contributed by atoms with Crippen LogP contribution in [0.25, 0.3) is 0 Å². The van der Waals surface area contributed by atoms with Crippen molar-refractivity contribution in [3.05, 3.63) is 0 Å². The maximum atomic E-state index is 11.9. The molecule has 0 radical (unpaired) electrons. The van der Waals surface area contributed by atoms with Crippen LogP contribution in [-0.2, 0) is 14.4 Å². The highest BCUT2D eigenvalue weighted by atomic mass is 16.4. The van der Waals surface area contributed by atoms with Gasteiger partial charge in [0.15, 0.2) is 0 Å². The molecule has 1 aliphatic rings. The third kappa shape index (κ3) is 5.59. The van der Waals surface area contributed by atoms with E-state index in [4.69, 9.17) is 0 Å². The molecule has 0 aromatic heterocycles. The number of amides is 2. The summed E-state index contributed by atoms with van der Waals surface area (Å²) >= 11 is 0. The van der Waals surface area contributed by atoms with E-state index >= 15 is 0 Å². The summed E-state index contributed by atoms with van der Waals surface area (Å²) in [5, 5.41) is 14.5. The lowest BCUT2D eigenvalue weighted by Gasteiger charge is -2.25. The number of piperidine rings is 1. The van der Waals surface area contributed by atoms with Crippen LogP contribution < -0.4 is 10.6 Å². The third-order valence-corrected chi connectivity index (χ3v) is 3.37. The van der Waals surface area contributed by atoms with Crippen molar-refractivity contribution < 1.29 is 19.5 Å². The van der Waals surface area contributed by atoms with E-state index in [2.05, 4.69) is 10.6 Å². The standard InChI is InChI=1S/C14H24N2O4/c1-14(2,3)6-10(13(19)20)8-16-12(18)9-4-5-11(17)15-7-9/h9-10H,4-8H2,1-3H3,(H,15,17)(H,16,18)(H,19,20). The number of carboxylic acid groups (broad SMARTS) is 1. The smallest absolute Gasteiger partial charge is 0.308 e. The van der Waals surface area contributed by atoms with Gasteiger partial charge in [0.25, 0.3) is 0 Å². The molecule has 1 rings (SSSR count). The second kappa shape index (κ2) is 6.72. The number of carbonyl (C=O) groups excluding carboxylic acids is 2. The first kappa shape index (κ1) is 16.5. The van der Waals surface area contributed by atoms with Crippen molar-refractivity contribution in [2.24, 2.45) is 17.3 Å². The molecule has 0 saturated carbocycles. The van der Waals surface area contributed by atoms with Crippen molar-refractivity contribution in [3.8, 4) is 0 Å². The normalized spacial score (nSPS) is 20.9. The topological polar surface area (TPSA) is 95.5 Å². The predicted octanol–water partition coefficient (Wildman–Crippen LogP) is 0.766. The Morgan fingerprint density at radius 3 is 2.55 bits per heavy atom. The second-order valence-corrected chi connectivity index (χ2v) is 6.58. The quantitative estimate of drug-likeness (QED) is 0.694. The van der Waals surface area contributed by atoms with E-state index in [0.29, 0.717) is 25.8 Å². The SMILES string of the molecule is CC(C)(C)CC(CNC(=O)C1CCC(=O)NC1)C(=O)O. The lowest BCUT2D eigenvalue weighted by molar-refractivity contribution is -0.142. The molecular formula is C14H24N2O4. The molecule has 1 heterocycles. The highest BCUT2D eigenvalue weighted by Crippen LogP contribution is 2.24. The van der Waals surface area contributed by atoms with Crippen LogP contribution in [0.15, 0.2) is 0 Å². The summed E-state index contributed by atoms with van der Waals surface area (Å²) in [6, 6.07) is 0. The van der Waals surface area contributed by atoms with E-state index < -0.39 is 11.9 Å². The Labute approximate surface area is 119 Å². The first-order valence-corrected chi connectivity index (χ1v) is 6.96. The van der Waals surface area contributed by atoms with Gasteiger partial charge in [-0.25, -0.2) is 0 Å². The van der Waals surface area contributed by atoms with Gasteiger partial charge in [0.05, 0.1) is 11.8 Å². The van der Waals surface area contributed by atoms with Gasteiger partial charge in [0, 0.05) is 19.5 Å². The van der Waals surface area contributed by atoms with E-state index in [1.807, 2.05) is 20.8 Å². The van der Waals surface area contributed by atoms with Gasteiger partial charge < -0.3 is 15.7 Å². The summed E-state index contributed by atoms with van der Waals surface area (Å²) < 4.78 is 0. The van der Waals surface area contributed by atoms with Gasteiger partial charge in [0.1, 0.15) is 0 Å². The summed E-state index contributed by atoms with van der Waals surface area (Å²) in [5.74, 6) is -1.94. The van der Waals surface area contributed by atoms with Gasteiger partial charge in [-0.05, 0) is 18.3 Å². The van der Waals surface area contributed by atoms with E-state index in [1.165, 1.54) is 0 Å². The second-order valence-electron chi connectivity index (χ2n) is 6.58. The minimum atomic E-state index is -0.892. The van der Waals surface area contributed by atoms with Gasteiger partial charge >= 0.3 is 5.97 Å². The molecule has 1 saturated heterocycles. The highest BCUT2D eigenvalue weighted by molar-refractivity contribution is 5.84. The summed E-state index contributed by atoms with van der Waals surface area (Å²) in [4.78, 5) is 34.2. The zero-order valence-electron chi connectivity index (χ0n) is 12.4. The summed E-state index contributed by atoms with van der Waals surface area (Å²) in [7, 11) is 0. The Kier molecular flexibility index (Phi) is 5.53. The zero-order chi connectivity index (χ0) is 15.3. The van der Waals surface area contributed by atoms with Gasteiger partial charge in [-0.15, -0.1) is 0 Å². The summed E-state index contributed by atoms with van der Waals surface area (Å²) in [6.07, 6.45) is 1.38. The lowest BCUT2D eigenvalue weighted by Crippen LogP contribution is -2.44. The molecule has 20 heavy (non-hydrogen) atoms. The molecule has 114 valence electrons. The van der Waals surface area contributed by atoms with E-state index in [9.17, 15) is 19.5 Å². The van der Waals surface area contributed by atoms with Crippen LogP contribution in [0.4, 0.5) is 0 Å². The van der Waals surface area contributed by atoms with Crippen molar-refractivity contribution in [1.29, 1.82) is 0 Å². The number of carbonyl (C=O) groups is 3. The van der Waals surface area contributed by atoms with Crippen LogP contribution in [0.3, 0.4) is 0 Å². The minimum absolute atomic E-state index is 0.0369. The Morgan fingerprint density at radius 2 is 2.10 bits per heavy atom. The largest absolute Gasteiger partial charge is 0.481 e. The fourth-order valence-electron chi connectivity index (χ4n) is 2.31. The van der Waals surface area contributed by atoms with Crippen molar-refractivity contribution in [2.45, 2.75) is 40.0 Å². The van der Waals surface area contributed by atoms with Crippen LogP contribution in [0.1, 0.15) is 40.0 Å². The van der Waals surface area contributed by atoms with Crippen LogP contribution in [0, 0.1) is 17.3 Å². The molecule has 6 nitrogen and oxygen atoms in total. The Morgan fingerprint density at radius 1 is 1.45 bits per heavy atom. The monoisotopic (exact) mass is 284 g/mol. The summed E-state index contributed by atoms with van der Waals surface area (Å²) in [5.41, 5.74) is -0.105. The Bertz CT molecular complexity index is 377. The molecular weight excluding hydrogens is 260 g/mol. The number of hydrogen-bond donors (Lipinski definition) is 3. The van der Waals surface area contributed by atoms with Crippen molar-refractivity contribution in [1.82, 2.24) is 10.6 Å². The maximum absolute atomic E-state index is 11.9. The molecule has 0 aromatic carbocycles. The lowest BCUT2D eigenvalue weighted by atomic mass is 9.84. The average molecular weight is 284 g/mol. The average Bonchev–Trinajstić information content (AvgIpc) is 2.33. The Balaban J connectivity index is 2.44. The molecule has 2 amide bonds. The summed E-state index contributed by atoms with van der Waals surface area (Å²) in [6.45, 7) is 6.39. The van der Waals surface area contributed by atoms with Crippen LogP contribution in [0.2, 0.25) is 0 Å². The fraction of sp³-hybridized carbons (Fsp3) is 0.786. The number of aliphatic carboxylic acids is 1. The van der Waals surface area contributed by atoms with Crippen LogP contribution in [-0.4, -0.2) is 36.0 Å². The minimum Gasteiger partial charge on any atom is -0.481 e. The molecule has 2 unspecified atom stereocenters.